The third-order valence-corrected chi connectivity index (χ3v) is 2.44. The molecular formula is C9H9N3S. The Morgan fingerprint density at radius 1 is 1.62 bits per heavy atom. The second-order valence-corrected chi connectivity index (χ2v) is 3.22. The summed E-state index contributed by atoms with van der Waals surface area (Å²) in [5.41, 5.74) is 1.26. The van der Waals surface area contributed by atoms with Crippen molar-refractivity contribution in [2.75, 3.05) is 6.54 Å². The van der Waals surface area contributed by atoms with Crippen LogP contribution in [0.4, 0.5) is 0 Å². The smallest absolute Gasteiger partial charge is 0.146 e. The van der Waals surface area contributed by atoms with Gasteiger partial charge in [-0.1, -0.05) is 0 Å². The average Bonchev–Trinajstić information content (AvgIpc) is 2.62. The molecule has 13 heavy (non-hydrogen) atoms. The van der Waals surface area contributed by atoms with Crippen LogP contribution in [0.3, 0.4) is 0 Å². The molecule has 0 radical (unpaired) electrons. The van der Waals surface area contributed by atoms with Crippen molar-refractivity contribution in [3.8, 4) is 0 Å². The average molecular weight is 191 g/mol. The molecule has 0 fully saturated rings. The van der Waals surface area contributed by atoms with Gasteiger partial charge in [-0.25, -0.2) is 4.99 Å². The lowest BCUT2D eigenvalue weighted by Gasteiger charge is -2.19. The van der Waals surface area contributed by atoms with Gasteiger partial charge in [0.25, 0.3) is 0 Å². The molecule has 0 N–H and O–H groups in total. The minimum atomic E-state index is 0.0975. The first kappa shape index (κ1) is 8.48. The molecule has 0 aromatic heterocycles. The number of aliphatic imine (C=N–C) groups is 3. The molecule has 3 nitrogen and oxygen atoms in total. The van der Waals surface area contributed by atoms with Gasteiger partial charge in [-0.2, -0.15) is 0 Å². The van der Waals surface area contributed by atoms with E-state index in [1.54, 1.807) is 6.21 Å². The van der Waals surface area contributed by atoms with Gasteiger partial charge in [0.2, 0.25) is 0 Å². The SMILES string of the molecule is S=C=NCC1=CC=NC2N=CCC12. The third-order valence-electron chi connectivity index (χ3n) is 2.31. The monoisotopic (exact) mass is 191 g/mol. The standard InChI is InChI=1S/C9H9N3S/c13-6-10-5-7-1-3-11-9-8(7)2-4-12-9/h1,3-4,8-9H,2,5H2. The summed E-state index contributed by atoms with van der Waals surface area (Å²) in [7, 11) is 0. The van der Waals surface area contributed by atoms with E-state index in [1.807, 2.05) is 12.3 Å². The molecule has 0 amide bonds. The first-order valence-electron chi connectivity index (χ1n) is 4.19. The fourth-order valence-corrected chi connectivity index (χ4v) is 1.70. The number of allylic oxidation sites excluding steroid dienone is 1. The van der Waals surface area contributed by atoms with Crippen molar-refractivity contribution in [1.82, 2.24) is 0 Å². The normalized spacial score (nSPS) is 29.4. The maximum absolute atomic E-state index is 4.53. The second-order valence-electron chi connectivity index (χ2n) is 3.03. The van der Waals surface area contributed by atoms with Crippen molar-refractivity contribution in [3.05, 3.63) is 11.6 Å². The van der Waals surface area contributed by atoms with E-state index in [0.717, 1.165) is 6.42 Å². The van der Waals surface area contributed by atoms with Crippen molar-refractivity contribution < 1.29 is 0 Å². The number of rotatable bonds is 2. The highest BCUT2D eigenvalue weighted by Crippen LogP contribution is 2.28. The van der Waals surface area contributed by atoms with E-state index in [-0.39, 0.29) is 6.17 Å². The van der Waals surface area contributed by atoms with Crippen molar-refractivity contribution in [2.45, 2.75) is 12.6 Å². The van der Waals surface area contributed by atoms with Gasteiger partial charge in [-0.15, -0.1) is 0 Å². The zero-order valence-electron chi connectivity index (χ0n) is 7.05. The molecule has 0 aromatic carbocycles. The molecular weight excluding hydrogens is 182 g/mol. The Morgan fingerprint density at radius 3 is 3.38 bits per heavy atom. The van der Waals surface area contributed by atoms with Gasteiger partial charge in [-0.05, 0) is 30.3 Å². The summed E-state index contributed by atoms with van der Waals surface area (Å²) in [5.74, 6) is 0.414. The molecule has 0 spiro atoms. The van der Waals surface area contributed by atoms with Crippen LogP contribution in [0.2, 0.25) is 0 Å². The van der Waals surface area contributed by atoms with Crippen LogP contribution in [0.5, 0.6) is 0 Å². The number of isothiocyanates is 1. The Morgan fingerprint density at radius 2 is 2.54 bits per heavy atom. The van der Waals surface area contributed by atoms with Crippen LogP contribution in [0, 0.1) is 5.92 Å². The van der Waals surface area contributed by atoms with Gasteiger partial charge in [0.1, 0.15) is 6.17 Å². The van der Waals surface area contributed by atoms with Crippen molar-refractivity contribution >= 4 is 29.8 Å². The molecule has 0 aliphatic carbocycles. The molecule has 2 unspecified atom stereocenters. The Hall–Kier alpha value is -1.12. The van der Waals surface area contributed by atoms with E-state index in [4.69, 9.17) is 0 Å². The van der Waals surface area contributed by atoms with Crippen molar-refractivity contribution in [1.29, 1.82) is 0 Å². The summed E-state index contributed by atoms with van der Waals surface area (Å²) in [4.78, 5) is 12.5. The molecule has 4 heteroatoms. The van der Waals surface area contributed by atoms with E-state index in [9.17, 15) is 0 Å². The molecule has 2 rings (SSSR count). The Labute approximate surface area is 82.0 Å². The third kappa shape index (κ3) is 1.64. The van der Waals surface area contributed by atoms with Crippen LogP contribution in [-0.2, 0) is 0 Å². The van der Waals surface area contributed by atoms with Crippen LogP contribution in [-0.4, -0.2) is 30.3 Å². The molecule has 2 aliphatic rings. The zero-order valence-corrected chi connectivity index (χ0v) is 7.87. The van der Waals surface area contributed by atoms with Crippen LogP contribution in [0.25, 0.3) is 0 Å². The maximum atomic E-state index is 4.53. The quantitative estimate of drug-likeness (QED) is 0.481. The summed E-state index contributed by atoms with van der Waals surface area (Å²) in [5, 5.41) is 2.38. The van der Waals surface area contributed by atoms with Crippen LogP contribution in [0.15, 0.2) is 26.6 Å². The number of thiocarbonyl (C=S) groups is 1. The van der Waals surface area contributed by atoms with E-state index < -0.39 is 0 Å². The van der Waals surface area contributed by atoms with E-state index in [0.29, 0.717) is 12.5 Å². The van der Waals surface area contributed by atoms with Crippen LogP contribution < -0.4 is 0 Å². The molecule has 2 heterocycles. The molecule has 0 bridgehead atoms. The lowest BCUT2D eigenvalue weighted by atomic mass is 9.93. The summed E-state index contributed by atoms with van der Waals surface area (Å²) in [6.07, 6.45) is 6.82. The number of hydrogen-bond acceptors (Lipinski definition) is 4. The molecule has 2 aliphatic heterocycles. The lowest BCUT2D eigenvalue weighted by molar-refractivity contribution is 0.536. The topological polar surface area (TPSA) is 37.1 Å². The molecule has 2 atom stereocenters. The highest BCUT2D eigenvalue weighted by molar-refractivity contribution is 7.78. The fraction of sp³-hybridized carbons (Fsp3) is 0.444. The summed E-state index contributed by atoms with van der Waals surface area (Å²) in [6.45, 7) is 0.639. The Bertz CT molecular complexity index is 337. The summed E-state index contributed by atoms with van der Waals surface area (Å²) in [6, 6.07) is 0. The van der Waals surface area contributed by atoms with E-state index in [1.165, 1.54) is 5.57 Å². The molecule has 0 saturated carbocycles. The summed E-state index contributed by atoms with van der Waals surface area (Å²) < 4.78 is 0. The minimum absolute atomic E-state index is 0.0975. The number of fused-ring (bicyclic) bond motifs is 1. The number of nitrogens with zero attached hydrogens (tertiary/aromatic N) is 3. The van der Waals surface area contributed by atoms with Gasteiger partial charge < -0.3 is 0 Å². The second kappa shape index (κ2) is 3.73. The van der Waals surface area contributed by atoms with Gasteiger partial charge in [0, 0.05) is 18.3 Å². The molecule has 0 aromatic rings. The predicted octanol–water partition coefficient (Wildman–Crippen LogP) is 1.52. The number of hydrogen-bond donors (Lipinski definition) is 0. The van der Waals surface area contributed by atoms with Crippen LogP contribution in [0.1, 0.15) is 6.42 Å². The number of dihydropyridines is 1. The predicted molar refractivity (Wildman–Crippen MR) is 56.9 cm³/mol. The zero-order chi connectivity index (χ0) is 9.10. The van der Waals surface area contributed by atoms with E-state index >= 15 is 0 Å². The molecule has 0 saturated heterocycles. The van der Waals surface area contributed by atoms with E-state index in [2.05, 4.69) is 32.4 Å². The maximum Gasteiger partial charge on any atom is 0.146 e. The fourth-order valence-electron chi connectivity index (χ4n) is 1.64. The van der Waals surface area contributed by atoms with Crippen molar-refractivity contribution in [2.24, 2.45) is 20.9 Å². The Balaban J connectivity index is 2.14. The van der Waals surface area contributed by atoms with Gasteiger partial charge in [0.05, 0.1) is 11.7 Å². The Kier molecular flexibility index (Phi) is 2.43. The lowest BCUT2D eigenvalue weighted by Crippen LogP contribution is -2.19. The first-order chi connectivity index (χ1) is 6.42. The van der Waals surface area contributed by atoms with Gasteiger partial charge in [0.15, 0.2) is 0 Å². The molecule has 66 valence electrons. The highest BCUT2D eigenvalue weighted by Gasteiger charge is 2.27. The van der Waals surface area contributed by atoms with Gasteiger partial charge >= 0.3 is 0 Å². The first-order valence-corrected chi connectivity index (χ1v) is 4.60. The highest BCUT2D eigenvalue weighted by atomic mass is 32.1. The van der Waals surface area contributed by atoms with Gasteiger partial charge in [-0.3, -0.25) is 9.98 Å². The largest absolute Gasteiger partial charge is 0.270 e. The minimum Gasteiger partial charge on any atom is -0.270 e. The van der Waals surface area contributed by atoms with Crippen LogP contribution >= 0.6 is 12.2 Å². The van der Waals surface area contributed by atoms with Crippen molar-refractivity contribution in [3.63, 3.8) is 0 Å². The summed E-state index contributed by atoms with van der Waals surface area (Å²) >= 11 is 4.53.